The first-order valence-corrected chi connectivity index (χ1v) is 4.59. The number of carbonyl (C=O) groups is 4. The topological polar surface area (TPSA) is 110 Å². The maximum absolute atomic E-state index is 11.0. The standard InChI is InChI=1S/C9H13NO7/c1-6(12)17-7(3-8(13)14)4-10(5-11)9(15)16-2/h5,7H,3-4H2,1-2H3,(H,13,14)/t7-/m1/s1. The number of hydrogen-bond donors (Lipinski definition) is 1. The van der Waals surface area contributed by atoms with Gasteiger partial charge in [0, 0.05) is 6.92 Å². The average Bonchev–Trinajstić information content (AvgIpc) is 2.22. The summed E-state index contributed by atoms with van der Waals surface area (Å²) >= 11 is 0. The lowest BCUT2D eigenvalue weighted by molar-refractivity contribution is -0.152. The van der Waals surface area contributed by atoms with E-state index in [2.05, 4.69) is 9.47 Å². The highest BCUT2D eigenvalue weighted by Gasteiger charge is 2.23. The molecule has 0 aromatic carbocycles. The van der Waals surface area contributed by atoms with Gasteiger partial charge in [-0.25, -0.2) is 9.69 Å². The van der Waals surface area contributed by atoms with Crippen LogP contribution in [0.25, 0.3) is 0 Å². The van der Waals surface area contributed by atoms with Crippen LogP contribution in [0, 0.1) is 0 Å². The molecule has 1 atom stereocenters. The maximum Gasteiger partial charge on any atom is 0.416 e. The molecule has 0 fully saturated rings. The van der Waals surface area contributed by atoms with Gasteiger partial charge in [-0.2, -0.15) is 0 Å². The lowest BCUT2D eigenvalue weighted by atomic mass is 10.2. The predicted octanol–water partition coefficient (Wildman–Crippen LogP) is -0.382. The summed E-state index contributed by atoms with van der Waals surface area (Å²) in [6.45, 7) is 0.723. The van der Waals surface area contributed by atoms with Crippen molar-refractivity contribution in [1.82, 2.24) is 4.90 Å². The Morgan fingerprint density at radius 2 is 2.00 bits per heavy atom. The van der Waals surface area contributed by atoms with Crippen molar-refractivity contribution in [3.63, 3.8) is 0 Å². The van der Waals surface area contributed by atoms with Gasteiger partial charge in [-0.3, -0.25) is 14.4 Å². The second-order valence-electron chi connectivity index (χ2n) is 3.06. The van der Waals surface area contributed by atoms with Crippen molar-refractivity contribution in [2.24, 2.45) is 0 Å². The van der Waals surface area contributed by atoms with Crippen molar-refractivity contribution >= 4 is 24.4 Å². The van der Waals surface area contributed by atoms with Crippen LogP contribution in [0.1, 0.15) is 13.3 Å². The minimum Gasteiger partial charge on any atom is -0.481 e. The highest BCUT2D eigenvalue weighted by atomic mass is 16.6. The molecule has 0 saturated carbocycles. The van der Waals surface area contributed by atoms with Gasteiger partial charge in [0.05, 0.1) is 20.1 Å². The zero-order chi connectivity index (χ0) is 13.4. The van der Waals surface area contributed by atoms with Crippen molar-refractivity contribution in [3.05, 3.63) is 0 Å². The summed E-state index contributed by atoms with van der Waals surface area (Å²) < 4.78 is 8.94. The number of carboxylic acids is 1. The average molecular weight is 247 g/mol. The summed E-state index contributed by atoms with van der Waals surface area (Å²) in [5.41, 5.74) is 0. The fraction of sp³-hybridized carbons (Fsp3) is 0.556. The summed E-state index contributed by atoms with van der Waals surface area (Å²) in [5, 5.41) is 8.56. The van der Waals surface area contributed by atoms with Crippen molar-refractivity contribution in [2.45, 2.75) is 19.4 Å². The highest BCUT2D eigenvalue weighted by Crippen LogP contribution is 2.03. The second kappa shape index (κ2) is 7.20. The minimum atomic E-state index is -1.22. The van der Waals surface area contributed by atoms with E-state index in [0.717, 1.165) is 14.0 Å². The van der Waals surface area contributed by atoms with E-state index < -0.39 is 30.6 Å². The zero-order valence-corrected chi connectivity index (χ0v) is 9.41. The Bertz CT molecular complexity index is 298. The molecule has 0 spiro atoms. The first-order valence-electron chi connectivity index (χ1n) is 4.59. The molecule has 0 aromatic heterocycles. The Morgan fingerprint density at radius 3 is 2.35 bits per heavy atom. The lowest BCUT2D eigenvalue weighted by Crippen LogP contribution is -2.39. The number of hydrogen-bond acceptors (Lipinski definition) is 6. The van der Waals surface area contributed by atoms with Crippen LogP contribution >= 0.6 is 0 Å². The van der Waals surface area contributed by atoms with E-state index in [0.29, 0.717) is 4.90 Å². The third-order valence-corrected chi connectivity index (χ3v) is 1.67. The Kier molecular flexibility index (Phi) is 6.30. The van der Waals surface area contributed by atoms with E-state index in [-0.39, 0.29) is 13.0 Å². The molecule has 0 unspecified atom stereocenters. The van der Waals surface area contributed by atoms with Gasteiger partial charge >= 0.3 is 18.0 Å². The minimum absolute atomic E-state index is 0.171. The molecule has 0 saturated heterocycles. The molecular formula is C9H13NO7. The van der Waals surface area contributed by atoms with Crippen molar-refractivity contribution in [1.29, 1.82) is 0 Å². The zero-order valence-electron chi connectivity index (χ0n) is 9.41. The molecule has 0 aliphatic rings. The van der Waals surface area contributed by atoms with Crippen LogP contribution in [0.3, 0.4) is 0 Å². The lowest BCUT2D eigenvalue weighted by Gasteiger charge is -2.20. The van der Waals surface area contributed by atoms with Crippen LogP contribution in [0.15, 0.2) is 0 Å². The first kappa shape index (κ1) is 14.9. The predicted molar refractivity (Wildman–Crippen MR) is 53.0 cm³/mol. The SMILES string of the molecule is COC(=O)N(C=O)C[C@@H](CC(=O)O)OC(C)=O. The molecule has 17 heavy (non-hydrogen) atoms. The van der Waals surface area contributed by atoms with E-state index in [1.807, 2.05) is 0 Å². The number of esters is 1. The molecule has 0 heterocycles. The largest absolute Gasteiger partial charge is 0.481 e. The molecule has 8 nitrogen and oxygen atoms in total. The summed E-state index contributed by atoms with van der Waals surface area (Å²) in [5.74, 6) is -1.92. The quantitative estimate of drug-likeness (QED) is 0.503. The molecule has 96 valence electrons. The Labute approximate surface area is 97.1 Å². The van der Waals surface area contributed by atoms with Gasteiger partial charge in [-0.1, -0.05) is 0 Å². The molecule has 2 amide bonds. The molecular weight excluding hydrogens is 234 g/mol. The Balaban J connectivity index is 4.58. The molecule has 0 rings (SSSR count). The van der Waals surface area contributed by atoms with E-state index in [9.17, 15) is 19.2 Å². The molecule has 0 radical (unpaired) electrons. The number of methoxy groups -OCH3 is 1. The van der Waals surface area contributed by atoms with E-state index in [4.69, 9.17) is 5.11 Å². The maximum atomic E-state index is 11.0. The van der Waals surface area contributed by atoms with Crippen LogP contribution in [0.2, 0.25) is 0 Å². The third kappa shape index (κ3) is 6.13. The number of carboxylic acid groups (broad SMARTS) is 1. The Morgan fingerprint density at radius 1 is 1.41 bits per heavy atom. The molecule has 0 bridgehead atoms. The van der Waals surface area contributed by atoms with Crippen molar-refractivity contribution < 1.29 is 33.8 Å². The number of ether oxygens (including phenoxy) is 2. The van der Waals surface area contributed by atoms with Crippen LogP contribution in [-0.4, -0.2) is 54.2 Å². The van der Waals surface area contributed by atoms with E-state index in [1.165, 1.54) is 0 Å². The van der Waals surface area contributed by atoms with E-state index in [1.54, 1.807) is 0 Å². The second-order valence-corrected chi connectivity index (χ2v) is 3.06. The van der Waals surface area contributed by atoms with Gasteiger partial charge in [-0.15, -0.1) is 0 Å². The fourth-order valence-electron chi connectivity index (χ4n) is 1.07. The van der Waals surface area contributed by atoms with Crippen LogP contribution in [0.4, 0.5) is 4.79 Å². The smallest absolute Gasteiger partial charge is 0.416 e. The molecule has 0 aliphatic heterocycles. The summed E-state index contributed by atoms with van der Waals surface area (Å²) in [6, 6.07) is 0. The van der Waals surface area contributed by atoms with Gasteiger partial charge in [-0.05, 0) is 0 Å². The first-order chi connectivity index (χ1) is 7.90. The third-order valence-electron chi connectivity index (χ3n) is 1.67. The summed E-state index contributed by atoms with van der Waals surface area (Å²) in [7, 11) is 1.07. The van der Waals surface area contributed by atoms with Crippen LogP contribution in [-0.2, 0) is 23.9 Å². The van der Waals surface area contributed by atoms with Gasteiger partial charge < -0.3 is 14.6 Å². The number of rotatable bonds is 6. The van der Waals surface area contributed by atoms with E-state index >= 15 is 0 Å². The van der Waals surface area contributed by atoms with Crippen molar-refractivity contribution in [2.75, 3.05) is 13.7 Å². The van der Waals surface area contributed by atoms with Crippen molar-refractivity contribution in [3.8, 4) is 0 Å². The van der Waals surface area contributed by atoms with Gasteiger partial charge in [0.25, 0.3) is 0 Å². The number of amides is 2. The number of carbonyl (C=O) groups excluding carboxylic acids is 3. The van der Waals surface area contributed by atoms with Crippen LogP contribution < -0.4 is 0 Å². The van der Waals surface area contributed by atoms with Gasteiger partial charge in [0.2, 0.25) is 6.41 Å². The van der Waals surface area contributed by atoms with Gasteiger partial charge in [0.1, 0.15) is 6.10 Å². The number of imide groups is 1. The normalized spacial score (nSPS) is 11.2. The molecule has 1 N–H and O–H groups in total. The molecule has 8 heteroatoms. The van der Waals surface area contributed by atoms with Crippen LogP contribution in [0.5, 0.6) is 0 Å². The fourth-order valence-corrected chi connectivity index (χ4v) is 1.07. The van der Waals surface area contributed by atoms with Gasteiger partial charge in [0.15, 0.2) is 0 Å². The highest BCUT2D eigenvalue weighted by molar-refractivity contribution is 5.80. The molecule has 0 aliphatic carbocycles. The summed E-state index contributed by atoms with van der Waals surface area (Å²) in [4.78, 5) is 43.4. The monoisotopic (exact) mass is 247 g/mol. The summed E-state index contributed by atoms with van der Waals surface area (Å²) in [6.07, 6.45) is -2.40. The number of nitrogens with zero attached hydrogens (tertiary/aromatic N) is 1. The molecule has 0 aromatic rings. The number of aliphatic carboxylic acids is 1. The Hall–Kier alpha value is -2.12.